The predicted octanol–water partition coefficient (Wildman–Crippen LogP) is 2.76. The van der Waals surface area contributed by atoms with Crippen LogP contribution in [0.1, 0.15) is 22.3 Å². The summed E-state index contributed by atoms with van der Waals surface area (Å²) in [5, 5.41) is 8.66. The molecule has 0 radical (unpaired) electrons. The number of carbonyl (C=O) groups excluding carboxylic acids is 1. The lowest BCUT2D eigenvalue weighted by Crippen LogP contribution is -2.35. The summed E-state index contributed by atoms with van der Waals surface area (Å²) in [7, 11) is 1.59. The molecule has 0 heterocycles. The molecule has 0 bridgehead atoms. The average Bonchev–Trinajstić information content (AvgIpc) is 2.41. The Morgan fingerprint density at radius 3 is 2.84 bits per heavy atom. The maximum atomic E-state index is 12.5. The molecule has 0 aromatic heterocycles. The van der Waals surface area contributed by atoms with Crippen molar-refractivity contribution in [2.24, 2.45) is 0 Å². The van der Waals surface area contributed by atoms with Crippen LogP contribution in [-0.2, 0) is 4.74 Å². The van der Waals surface area contributed by atoms with Crippen molar-refractivity contribution in [1.29, 1.82) is 5.26 Å². The number of ether oxygens (including phenoxy) is 1. The zero-order valence-electron chi connectivity index (χ0n) is 11.1. The number of rotatable bonds is 6. The molecule has 1 amide bonds. The largest absolute Gasteiger partial charge is 0.383 e. The molecule has 0 saturated carbocycles. The number of hydrogen-bond donors (Lipinski definition) is 0. The van der Waals surface area contributed by atoms with Crippen LogP contribution in [-0.4, -0.2) is 37.6 Å². The molecule has 0 spiro atoms. The molecule has 0 saturated heterocycles. The van der Waals surface area contributed by atoms with Gasteiger partial charge in [-0.1, -0.05) is 22.0 Å². The Labute approximate surface area is 122 Å². The monoisotopic (exact) mass is 324 g/mol. The van der Waals surface area contributed by atoms with Crippen LogP contribution in [0.4, 0.5) is 0 Å². The molecule has 0 fully saturated rings. The standard InChI is InChI=1S/C14H17BrN2O2/c1-11-4-5-12(15)10-13(11)14(18)17(7-3-6-16)8-9-19-2/h4-5,10H,3,7-9H2,1-2H3. The number of aryl methyl sites for hydroxylation is 1. The maximum absolute atomic E-state index is 12.5. The third-order valence-corrected chi connectivity index (χ3v) is 3.27. The van der Waals surface area contributed by atoms with Gasteiger partial charge in [-0.25, -0.2) is 0 Å². The zero-order valence-corrected chi connectivity index (χ0v) is 12.7. The van der Waals surface area contributed by atoms with Gasteiger partial charge in [0.15, 0.2) is 0 Å². The highest BCUT2D eigenvalue weighted by Gasteiger charge is 2.17. The van der Waals surface area contributed by atoms with Gasteiger partial charge < -0.3 is 9.64 Å². The summed E-state index contributed by atoms with van der Waals surface area (Å²) in [6, 6.07) is 7.67. The van der Waals surface area contributed by atoms with E-state index in [0.29, 0.717) is 31.7 Å². The van der Waals surface area contributed by atoms with Gasteiger partial charge in [0.05, 0.1) is 19.1 Å². The number of nitrogens with zero attached hydrogens (tertiary/aromatic N) is 2. The molecular weight excluding hydrogens is 308 g/mol. The van der Waals surface area contributed by atoms with Crippen LogP contribution >= 0.6 is 15.9 Å². The van der Waals surface area contributed by atoms with Crippen molar-refractivity contribution < 1.29 is 9.53 Å². The lowest BCUT2D eigenvalue weighted by atomic mass is 10.1. The number of benzene rings is 1. The van der Waals surface area contributed by atoms with E-state index in [2.05, 4.69) is 22.0 Å². The molecule has 0 aliphatic heterocycles. The molecule has 0 aliphatic carbocycles. The van der Waals surface area contributed by atoms with Crippen LogP contribution in [0, 0.1) is 18.3 Å². The summed E-state index contributed by atoms with van der Waals surface area (Å²) in [4.78, 5) is 14.1. The smallest absolute Gasteiger partial charge is 0.254 e. The molecule has 1 rings (SSSR count). The van der Waals surface area contributed by atoms with E-state index in [-0.39, 0.29) is 5.91 Å². The fraction of sp³-hybridized carbons (Fsp3) is 0.429. The molecule has 0 unspecified atom stereocenters. The lowest BCUT2D eigenvalue weighted by Gasteiger charge is -2.22. The minimum absolute atomic E-state index is 0.0638. The maximum Gasteiger partial charge on any atom is 0.254 e. The van der Waals surface area contributed by atoms with Gasteiger partial charge in [0.25, 0.3) is 5.91 Å². The van der Waals surface area contributed by atoms with E-state index in [1.807, 2.05) is 25.1 Å². The fourth-order valence-corrected chi connectivity index (χ4v) is 2.06. The normalized spacial score (nSPS) is 10.0. The summed E-state index contributed by atoms with van der Waals surface area (Å²) in [6.07, 6.45) is 0.322. The first-order valence-corrected chi connectivity index (χ1v) is 6.80. The fourth-order valence-electron chi connectivity index (χ4n) is 1.70. The molecule has 0 aliphatic rings. The van der Waals surface area contributed by atoms with Crippen LogP contribution in [0.2, 0.25) is 0 Å². The van der Waals surface area contributed by atoms with E-state index >= 15 is 0 Å². The molecule has 0 atom stereocenters. The number of carbonyl (C=O) groups is 1. The van der Waals surface area contributed by atoms with Gasteiger partial charge in [0.1, 0.15) is 0 Å². The Bertz CT molecular complexity index is 483. The van der Waals surface area contributed by atoms with Gasteiger partial charge in [-0.05, 0) is 24.6 Å². The molecular formula is C14H17BrN2O2. The van der Waals surface area contributed by atoms with Gasteiger partial charge in [0, 0.05) is 30.2 Å². The van der Waals surface area contributed by atoms with E-state index in [1.165, 1.54) is 0 Å². The Morgan fingerprint density at radius 1 is 1.47 bits per heavy atom. The van der Waals surface area contributed by atoms with Crippen molar-refractivity contribution >= 4 is 21.8 Å². The van der Waals surface area contributed by atoms with Crippen LogP contribution in [0.15, 0.2) is 22.7 Å². The minimum atomic E-state index is -0.0638. The molecule has 4 nitrogen and oxygen atoms in total. The van der Waals surface area contributed by atoms with Crippen LogP contribution in [0.5, 0.6) is 0 Å². The number of halogens is 1. The first-order chi connectivity index (χ1) is 9.10. The van der Waals surface area contributed by atoms with E-state index < -0.39 is 0 Å². The quantitative estimate of drug-likeness (QED) is 0.808. The van der Waals surface area contributed by atoms with Crippen molar-refractivity contribution in [3.63, 3.8) is 0 Å². The molecule has 19 heavy (non-hydrogen) atoms. The molecule has 102 valence electrons. The Balaban J connectivity index is 2.91. The second kappa shape index (κ2) is 7.93. The van der Waals surface area contributed by atoms with Crippen molar-refractivity contribution in [2.75, 3.05) is 26.8 Å². The van der Waals surface area contributed by atoms with Crippen molar-refractivity contribution in [2.45, 2.75) is 13.3 Å². The highest BCUT2D eigenvalue weighted by molar-refractivity contribution is 9.10. The number of hydrogen-bond acceptors (Lipinski definition) is 3. The van der Waals surface area contributed by atoms with Gasteiger partial charge in [-0.15, -0.1) is 0 Å². The topological polar surface area (TPSA) is 53.3 Å². The van der Waals surface area contributed by atoms with Crippen molar-refractivity contribution in [1.82, 2.24) is 4.90 Å². The second-order valence-corrected chi connectivity index (χ2v) is 5.07. The Kier molecular flexibility index (Phi) is 6.54. The number of amides is 1. The summed E-state index contributed by atoms with van der Waals surface area (Å²) in [5.74, 6) is -0.0638. The van der Waals surface area contributed by atoms with E-state index in [1.54, 1.807) is 12.0 Å². The molecule has 0 N–H and O–H groups in total. The summed E-state index contributed by atoms with van der Waals surface area (Å²) < 4.78 is 5.88. The van der Waals surface area contributed by atoms with Crippen LogP contribution < -0.4 is 0 Å². The summed E-state index contributed by atoms with van der Waals surface area (Å²) >= 11 is 3.37. The van der Waals surface area contributed by atoms with Crippen LogP contribution in [0.25, 0.3) is 0 Å². The van der Waals surface area contributed by atoms with E-state index in [4.69, 9.17) is 10.00 Å². The Morgan fingerprint density at radius 2 is 2.21 bits per heavy atom. The summed E-state index contributed by atoms with van der Waals surface area (Å²) in [6.45, 7) is 3.27. The first-order valence-electron chi connectivity index (χ1n) is 6.01. The van der Waals surface area contributed by atoms with Crippen LogP contribution in [0.3, 0.4) is 0 Å². The molecule has 5 heteroatoms. The molecule has 1 aromatic carbocycles. The predicted molar refractivity (Wildman–Crippen MR) is 76.9 cm³/mol. The van der Waals surface area contributed by atoms with Crippen molar-refractivity contribution in [3.8, 4) is 6.07 Å². The minimum Gasteiger partial charge on any atom is -0.383 e. The lowest BCUT2D eigenvalue weighted by molar-refractivity contribution is 0.0699. The van der Waals surface area contributed by atoms with Gasteiger partial charge >= 0.3 is 0 Å². The van der Waals surface area contributed by atoms with E-state index in [9.17, 15) is 4.79 Å². The molecule has 1 aromatic rings. The highest BCUT2D eigenvalue weighted by atomic mass is 79.9. The third kappa shape index (κ3) is 4.66. The second-order valence-electron chi connectivity index (χ2n) is 4.15. The number of nitriles is 1. The summed E-state index contributed by atoms with van der Waals surface area (Å²) in [5.41, 5.74) is 1.58. The third-order valence-electron chi connectivity index (χ3n) is 2.78. The highest BCUT2D eigenvalue weighted by Crippen LogP contribution is 2.18. The first kappa shape index (κ1) is 15.7. The van der Waals surface area contributed by atoms with Crippen molar-refractivity contribution in [3.05, 3.63) is 33.8 Å². The van der Waals surface area contributed by atoms with Gasteiger partial charge in [-0.2, -0.15) is 5.26 Å². The van der Waals surface area contributed by atoms with Gasteiger partial charge in [-0.3, -0.25) is 4.79 Å². The zero-order chi connectivity index (χ0) is 14.3. The van der Waals surface area contributed by atoms with E-state index in [0.717, 1.165) is 10.0 Å². The average molecular weight is 325 g/mol. The Hall–Kier alpha value is -1.38. The SMILES string of the molecule is COCCN(CCC#N)C(=O)c1cc(Br)ccc1C. The van der Waals surface area contributed by atoms with Gasteiger partial charge in [0.2, 0.25) is 0 Å². The number of methoxy groups -OCH3 is 1.